The van der Waals surface area contributed by atoms with E-state index in [0.29, 0.717) is 60.0 Å². The largest absolute Gasteiger partial charge is 0.494 e. The molecule has 2 aliphatic rings. The Balaban J connectivity index is 1.70. The number of hydrogen-bond donors (Lipinski definition) is 2. The fraction of sp³-hybridized carbons (Fsp3) is 0.407. The van der Waals surface area contributed by atoms with Gasteiger partial charge in [-0.15, -0.1) is 0 Å². The van der Waals surface area contributed by atoms with Crippen LogP contribution in [0.3, 0.4) is 0 Å². The van der Waals surface area contributed by atoms with Crippen LogP contribution in [0.5, 0.6) is 5.75 Å². The maximum absolute atomic E-state index is 16.2. The van der Waals surface area contributed by atoms with Gasteiger partial charge in [0.05, 0.1) is 24.7 Å². The van der Waals surface area contributed by atoms with Gasteiger partial charge in [-0.3, -0.25) is 9.89 Å². The monoisotopic (exact) mass is 495 g/mol. The number of nitrogens with zero attached hydrogens (tertiary/aromatic N) is 2. The van der Waals surface area contributed by atoms with E-state index >= 15 is 4.39 Å². The lowest BCUT2D eigenvalue weighted by molar-refractivity contribution is -0.141. The van der Waals surface area contributed by atoms with Crippen molar-refractivity contribution in [3.63, 3.8) is 0 Å². The van der Waals surface area contributed by atoms with Gasteiger partial charge >= 0.3 is 5.97 Å². The van der Waals surface area contributed by atoms with Crippen molar-refractivity contribution in [1.29, 1.82) is 0 Å². The summed E-state index contributed by atoms with van der Waals surface area (Å²) in [6, 6.07) is 6.57. The molecule has 2 fully saturated rings. The van der Waals surface area contributed by atoms with Crippen molar-refractivity contribution in [3.05, 3.63) is 53.4 Å². The van der Waals surface area contributed by atoms with Gasteiger partial charge in [0, 0.05) is 47.4 Å². The van der Waals surface area contributed by atoms with E-state index in [9.17, 15) is 14.3 Å². The van der Waals surface area contributed by atoms with Crippen molar-refractivity contribution in [2.45, 2.75) is 43.9 Å². The maximum atomic E-state index is 16.2. The lowest BCUT2D eigenvalue weighted by Gasteiger charge is -2.27. The molecule has 2 aromatic heterocycles. The molecule has 2 N–H and O–H groups in total. The number of aliphatic carboxylic acids is 1. The van der Waals surface area contributed by atoms with E-state index in [1.54, 1.807) is 18.3 Å². The Morgan fingerprint density at radius 1 is 1.17 bits per heavy atom. The molecule has 1 aliphatic carbocycles. The van der Waals surface area contributed by atoms with Crippen LogP contribution >= 0.6 is 0 Å². The van der Waals surface area contributed by atoms with Crippen molar-refractivity contribution in [2.24, 2.45) is 5.92 Å². The number of carbonyl (C=O) groups is 1. The van der Waals surface area contributed by atoms with Crippen LogP contribution in [0, 0.1) is 17.6 Å². The van der Waals surface area contributed by atoms with Crippen LogP contribution in [0.2, 0.25) is 0 Å². The van der Waals surface area contributed by atoms with Crippen molar-refractivity contribution in [3.8, 4) is 11.4 Å². The van der Waals surface area contributed by atoms with E-state index in [1.807, 2.05) is 10.6 Å². The summed E-state index contributed by atoms with van der Waals surface area (Å²) in [5.74, 6) is -2.06. The number of aromatic nitrogens is 3. The number of carboxylic acid groups (broad SMARTS) is 1. The minimum Gasteiger partial charge on any atom is -0.494 e. The predicted octanol–water partition coefficient (Wildman–Crippen LogP) is 5.66. The smallest absolute Gasteiger partial charge is 0.306 e. The molecule has 2 atom stereocenters. The number of aromatic amines is 1. The normalized spacial score (nSPS) is 21.0. The molecule has 0 amide bonds. The van der Waals surface area contributed by atoms with E-state index in [1.165, 1.54) is 13.2 Å². The zero-order chi connectivity index (χ0) is 25.0. The van der Waals surface area contributed by atoms with Crippen LogP contribution in [0.25, 0.3) is 27.5 Å². The molecule has 4 aromatic rings. The Morgan fingerprint density at radius 3 is 2.69 bits per heavy atom. The van der Waals surface area contributed by atoms with Crippen molar-refractivity contribution in [1.82, 2.24) is 14.8 Å². The number of ether oxygens (including phenoxy) is 2. The lowest BCUT2D eigenvalue weighted by Crippen LogP contribution is -2.19. The standard InChI is InChI=1S/C27H27F2N3O4/c1-35-21-12-18(4-5-19(21)28)32-20-11-17-13-30-31-25(17)24(29)23(20)22(15-2-3-16(10-15)27(33)34)26(32)14-6-8-36-9-7-14/h4-5,11-16H,2-3,6-10H2,1H3,(H,30,31)(H,33,34). The van der Waals surface area contributed by atoms with Gasteiger partial charge in [0.1, 0.15) is 5.52 Å². The highest BCUT2D eigenvalue weighted by atomic mass is 19.1. The zero-order valence-electron chi connectivity index (χ0n) is 19.9. The molecule has 1 aliphatic heterocycles. The maximum Gasteiger partial charge on any atom is 0.306 e. The Morgan fingerprint density at radius 2 is 1.97 bits per heavy atom. The van der Waals surface area contributed by atoms with Gasteiger partial charge in [-0.25, -0.2) is 8.78 Å². The highest BCUT2D eigenvalue weighted by Crippen LogP contribution is 2.49. The molecule has 3 heterocycles. The van der Waals surface area contributed by atoms with E-state index in [2.05, 4.69) is 10.2 Å². The third-order valence-electron chi connectivity index (χ3n) is 7.87. The Kier molecular flexibility index (Phi) is 5.67. The Hall–Kier alpha value is -3.46. The molecule has 0 spiro atoms. The minimum absolute atomic E-state index is 0.0805. The third-order valence-corrected chi connectivity index (χ3v) is 7.87. The minimum atomic E-state index is -0.812. The molecule has 1 saturated heterocycles. The number of fused-ring (bicyclic) bond motifs is 2. The van der Waals surface area contributed by atoms with E-state index in [4.69, 9.17) is 9.47 Å². The summed E-state index contributed by atoms with van der Waals surface area (Å²) < 4.78 is 43.5. The summed E-state index contributed by atoms with van der Waals surface area (Å²) in [5, 5.41) is 17.6. The summed E-state index contributed by atoms with van der Waals surface area (Å²) in [7, 11) is 1.42. The molecule has 1 saturated carbocycles. The SMILES string of the molecule is COc1cc(-n2c(C3CCOCC3)c(C3CCC(C(=O)O)C3)c3c(F)c4[nH]ncc4cc32)ccc1F. The van der Waals surface area contributed by atoms with E-state index in [-0.39, 0.29) is 17.6 Å². The summed E-state index contributed by atoms with van der Waals surface area (Å²) in [5.41, 5.74) is 3.46. The molecule has 2 unspecified atom stereocenters. The molecule has 6 rings (SSSR count). The van der Waals surface area contributed by atoms with E-state index in [0.717, 1.165) is 24.1 Å². The summed E-state index contributed by atoms with van der Waals surface area (Å²) in [6.45, 7) is 1.18. The molecular formula is C27H27F2N3O4. The van der Waals surface area contributed by atoms with Gasteiger partial charge in [0.2, 0.25) is 0 Å². The van der Waals surface area contributed by atoms with Crippen LogP contribution in [0.15, 0.2) is 30.5 Å². The summed E-state index contributed by atoms with van der Waals surface area (Å²) in [6.07, 6.45) is 4.79. The van der Waals surface area contributed by atoms with Gasteiger partial charge in [0.25, 0.3) is 0 Å². The van der Waals surface area contributed by atoms with Gasteiger partial charge in [-0.2, -0.15) is 5.10 Å². The highest BCUT2D eigenvalue weighted by Gasteiger charge is 2.38. The number of nitrogens with one attached hydrogen (secondary N) is 1. The fourth-order valence-corrected chi connectivity index (χ4v) is 6.17. The summed E-state index contributed by atoms with van der Waals surface area (Å²) in [4.78, 5) is 11.8. The van der Waals surface area contributed by atoms with Crippen LogP contribution in [-0.4, -0.2) is 46.2 Å². The number of hydrogen-bond acceptors (Lipinski definition) is 4. The van der Waals surface area contributed by atoms with Gasteiger partial charge in [-0.1, -0.05) is 0 Å². The fourth-order valence-electron chi connectivity index (χ4n) is 6.17. The summed E-state index contributed by atoms with van der Waals surface area (Å²) >= 11 is 0. The zero-order valence-corrected chi connectivity index (χ0v) is 19.9. The average Bonchev–Trinajstić information content (AvgIpc) is 3.62. The Bertz CT molecular complexity index is 1470. The van der Waals surface area contributed by atoms with Crippen molar-refractivity contribution >= 4 is 27.8 Å². The molecule has 0 radical (unpaired) electrons. The average molecular weight is 496 g/mol. The number of benzene rings is 2. The van der Waals surface area contributed by atoms with Crippen molar-refractivity contribution in [2.75, 3.05) is 20.3 Å². The first-order valence-electron chi connectivity index (χ1n) is 12.3. The van der Waals surface area contributed by atoms with Crippen molar-refractivity contribution < 1.29 is 28.2 Å². The quantitative estimate of drug-likeness (QED) is 0.373. The number of H-pyrrole nitrogens is 1. The van der Waals surface area contributed by atoms with Crippen LogP contribution in [-0.2, 0) is 9.53 Å². The molecule has 36 heavy (non-hydrogen) atoms. The van der Waals surface area contributed by atoms with Crippen LogP contribution in [0.1, 0.15) is 55.2 Å². The molecular weight excluding hydrogens is 468 g/mol. The first-order valence-corrected chi connectivity index (χ1v) is 12.3. The molecule has 2 aromatic carbocycles. The lowest BCUT2D eigenvalue weighted by atomic mass is 9.86. The number of halogens is 2. The van der Waals surface area contributed by atoms with Crippen LogP contribution < -0.4 is 4.74 Å². The van der Waals surface area contributed by atoms with Gasteiger partial charge in [0.15, 0.2) is 17.4 Å². The third kappa shape index (κ3) is 3.56. The molecule has 0 bridgehead atoms. The van der Waals surface area contributed by atoms with Gasteiger partial charge in [-0.05, 0) is 61.8 Å². The Labute approximate surface area is 206 Å². The number of methoxy groups -OCH3 is 1. The second-order valence-electron chi connectivity index (χ2n) is 9.80. The number of carboxylic acids is 1. The molecule has 7 nitrogen and oxygen atoms in total. The highest BCUT2D eigenvalue weighted by molar-refractivity contribution is 6.00. The first kappa shape index (κ1) is 23.0. The number of rotatable bonds is 5. The second-order valence-corrected chi connectivity index (χ2v) is 9.80. The second kappa shape index (κ2) is 8.89. The molecule has 188 valence electrons. The van der Waals surface area contributed by atoms with E-state index < -0.39 is 23.5 Å². The van der Waals surface area contributed by atoms with Crippen LogP contribution in [0.4, 0.5) is 8.78 Å². The first-order chi connectivity index (χ1) is 17.5. The molecule has 9 heteroatoms. The predicted molar refractivity (Wildman–Crippen MR) is 130 cm³/mol. The topological polar surface area (TPSA) is 89.4 Å². The van der Waals surface area contributed by atoms with Gasteiger partial charge < -0.3 is 19.1 Å².